The van der Waals surface area contributed by atoms with Crippen LogP contribution in [0.4, 0.5) is 0 Å². The molecule has 0 bridgehead atoms. The number of ether oxygens (including phenoxy) is 2. The first-order valence-corrected chi connectivity index (χ1v) is 6.51. The molecule has 1 aliphatic rings. The average Bonchev–Trinajstić information content (AvgIpc) is 2.22. The Balaban J connectivity index is 1.92. The second-order valence-corrected chi connectivity index (χ2v) is 4.84. The molecule has 1 fully saturated rings. The molecule has 2 nitrogen and oxygen atoms in total. The Labute approximate surface area is 98.3 Å². The Bertz CT molecular complexity index is 164. The number of alkyl halides is 1. The Morgan fingerprint density at radius 3 is 2.53 bits per heavy atom. The molecule has 0 radical (unpaired) electrons. The average molecular weight is 235 g/mol. The van der Waals surface area contributed by atoms with E-state index in [1.165, 1.54) is 32.1 Å². The zero-order valence-electron chi connectivity index (χ0n) is 9.88. The van der Waals surface area contributed by atoms with Gasteiger partial charge in [0.2, 0.25) is 0 Å². The second kappa shape index (κ2) is 7.48. The summed E-state index contributed by atoms with van der Waals surface area (Å²) in [6.07, 6.45) is 7.70. The van der Waals surface area contributed by atoms with E-state index >= 15 is 0 Å². The maximum atomic E-state index is 5.99. The fourth-order valence-electron chi connectivity index (χ4n) is 1.93. The van der Waals surface area contributed by atoms with Gasteiger partial charge >= 0.3 is 0 Å². The fourth-order valence-corrected chi connectivity index (χ4v) is 2.37. The van der Waals surface area contributed by atoms with Crippen molar-refractivity contribution in [1.82, 2.24) is 0 Å². The van der Waals surface area contributed by atoms with Gasteiger partial charge in [0.1, 0.15) is 0 Å². The number of hydrogen-bond donors (Lipinski definition) is 0. The van der Waals surface area contributed by atoms with Gasteiger partial charge in [-0.05, 0) is 12.8 Å². The highest BCUT2D eigenvalue weighted by Gasteiger charge is 2.40. The quantitative estimate of drug-likeness (QED) is 0.474. The highest BCUT2D eigenvalue weighted by Crippen LogP contribution is 2.31. The first kappa shape index (κ1) is 13.3. The van der Waals surface area contributed by atoms with Gasteiger partial charge in [0.05, 0.1) is 17.6 Å². The van der Waals surface area contributed by atoms with E-state index in [1.54, 1.807) is 7.11 Å². The number of halogens is 1. The van der Waals surface area contributed by atoms with Gasteiger partial charge in [-0.25, -0.2) is 0 Å². The first-order valence-electron chi connectivity index (χ1n) is 6.08. The van der Waals surface area contributed by atoms with Crippen molar-refractivity contribution < 1.29 is 9.47 Å². The minimum atomic E-state index is 0.113. The highest BCUT2D eigenvalue weighted by atomic mass is 35.5. The summed E-state index contributed by atoms with van der Waals surface area (Å²) in [4.78, 5) is 0. The molecule has 0 aromatic heterocycles. The lowest BCUT2D eigenvalue weighted by atomic mass is 9.91. The van der Waals surface area contributed by atoms with E-state index in [4.69, 9.17) is 21.1 Å². The van der Waals surface area contributed by atoms with E-state index in [2.05, 4.69) is 6.92 Å². The Morgan fingerprint density at radius 2 is 1.93 bits per heavy atom. The molecule has 0 aliphatic heterocycles. The molecule has 3 atom stereocenters. The summed E-state index contributed by atoms with van der Waals surface area (Å²) in [6.45, 7) is 3.09. The minimum absolute atomic E-state index is 0.113. The fraction of sp³-hybridized carbons (Fsp3) is 1.00. The maximum absolute atomic E-state index is 5.99. The summed E-state index contributed by atoms with van der Waals surface area (Å²) in [7, 11) is 1.71. The van der Waals surface area contributed by atoms with E-state index in [0.717, 1.165) is 13.0 Å². The first-order chi connectivity index (χ1) is 7.29. The number of methoxy groups -OCH3 is 1. The number of unbranched alkanes of at least 4 members (excludes halogenated alkanes) is 4. The van der Waals surface area contributed by atoms with Crippen molar-refractivity contribution in [3.63, 3.8) is 0 Å². The van der Waals surface area contributed by atoms with Crippen LogP contribution in [0.15, 0.2) is 0 Å². The summed E-state index contributed by atoms with van der Waals surface area (Å²) in [5, 5.41) is 0.153. The highest BCUT2D eigenvalue weighted by molar-refractivity contribution is 6.21. The molecule has 0 spiro atoms. The van der Waals surface area contributed by atoms with Gasteiger partial charge in [0.15, 0.2) is 0 Å². The predicted octanol–water partition coefficient (Wildman–Crippen LogP) is 3.37. The minimum Gasteiger partial charge on any atom is -0.377 e. The lowest BCUT2D eigenvalue weighted by molar-refractivity contribution is -0.110. The molecular formula is C12H23ClO2. The van der Waals surface area contributed by atoms with Gasteiger partial charge in [-0.2, -0.15) is 0 Å². The van der Waals surface area contributed by atoms with E-state index in [0.29, 0.717) is 0 Å². The normalized spacial score (nSPS) is 30.2. The van der Waals surface area contributed by atoms with E-state index in [1.807, 2.05) is 0 Å². The van der Waals surface area contributed by atoms with Gasteiger partial charge in [-0.15, -0.1) is 11.6 Å². The summed E-state index contributed by atoms with van der Waals surface area (Å²) in [5.74, 6) is 0. The molecule has 0 N–H and O–H groups in total. The molecule has 90 valence electrons. The molecule has 3 heteroatoms. The van der Waals surface area contributed by atoms with Crippen LogP contribution in [-0.4, -0.2) is 31.3 Å². The van der Waals surface area contributed by atoms with E-state index in [-0.39, 0.29) is 17.6 Å². The van der Waals surface area contributed by atoms with Gasteiger partial charge in [0.25, 0.3) is 0 Å². The van der Waals surface area contributed by atoms with Crippen LogP contribution in [-0.2, 0) is 9.47 Å². The standard InChI is InChI=1S/C12H23ClO2/c1-3-4-5-6-7-8-15-11-9-10(13)12(11)14-2/h10-12H,3-9H2,1-2H3. The molecule has 0 saturated heterocycles. The van der Waals surface area contributed by atoms with Crippen LogP contribution in [0.3, 0.4) is 0 Å². The molecule has 0 aromatic carbocycles. The predicted molar refractivity (Wildman–Crippen MR) is 63.6 cm³/mol. The SMILES string of the molecule is CCCCCCCOC1CC(Cl)C1OC. The molecule has 0 aromatic rings. The topological polar surface area (TPSA) is 18.5 Å². The van der Waals surface area contributed by atoms with Gasteiger partial charge in [-0.1, -0.05) is 32.6 Å². The lowest BCUT2D eigenvalue weighted by Crippen LogP contribution is -2.50. The van der Waals surface area contributed by atoms with Crippen molar-refractivity contribution in [3.8, 4) is 0 Å². The Morgan fingerprint density at radius 1 is 1.20 bits per heavy atom. The lowest BCUT2D eigenvalue weighted by Gasteiger charge is -2.39. The van der Waals surface area contributed by atoms with Crippen molar-refractivity contribution in [1.29, 1.82) is 0 Å². The van der Waals surface area contributed by atoms with Gasteiger partial charge < -0.3 is 9.47 Å². The van der Waals surface area contributed by atoms with Crippen molar-refractivity contribution in [2.24, 2.45) is 0 Å². The van der Waals surface area contributed by atoms with Crippen LogP contribution in [0.2, 0.25) is 0 Å². The van der Waals surface area contributed by atoms with Crippen LogP contribution in [0.25, 0.3) is 0 Å². The zero-order valence-corrected chi connectivity index (χ0v) is 10.6. The summed E-state index contributed by atoms with van der Waals surface area (Å²) in [5.41, 5.74) is 0. The van der Waals surface area contributed by atoms with Crippen molar-refractivity contribution >= 4 is 11.6 Å². The molecule has 15 heavy (non-hydrogen) atoms. The van der Waals surface area contributed by atoms with Gasteiger partial charge in [-0.3, -0.25) is 0 Å². The van der Waals surface area contributed by atoms with Gasteiger partial charge in [0, 0.05) is 13.7 Å². The van der Waals surface area contributed by atoms with Crippen LogP contribution < -0.4 is 0 Å². The molecular weight excluding hydrogens is 212 g/mol. The third-order valence-electron chi connectivity index (χ3n) is 3.03. The monoisotopic (exact) mass is 234 g/mol. The number of hydrogen-bond acceptors (Lipinski definition) is 2. The molecule has 1 rings (SSSR count). The van der Waals surface area contributed by atoms with E-state index in [9.17, 15) is 0 Å². The smallest absolute Gasteiger partial charge is 0.0997 e. The zero-order chi connectivity index (χ0) is 11.1. The third kappa shape index (κ3) is 4.29. The summed E-state index contributed by atoms with van der Waals surface area (Å²) < 4.78 is 11.0. The third-order valence-corrected chi connectivity index (χ3v) is 3.46. The van der Waals surface area contributed by atoms with Crippen molar-refractivity contribution in [3.05, 3.63) is 0 Å². The molecule has 3 unspecified atom stereocenters. The molecule has 0 heterocycles. The van der Waals surface area contributed by atoms with Crippen LogP contribution in [0.1, 0.15) is 45.4 Å². The summed E-state index contributed by atoms with van der Waals surface area (Å²) in [6, 6.07) is 0. The molecule has 0 amide bonds. The Hall–Kier alpha value is 0.210. The summed E-state index contributed by atoms with van der Waals surface area (Å²) >= 11 is 5.99. The molecule has 1 aliphatic carbocycles. The van der Waals surface area contributed by atoms with Crippen molar-refractivity contribution in [2.75, 3.05) is 13.7 Å². The van der Waals surface area contributed by atoms with Crippen LogP contribution in [0, 0.1) is 0 Å². The largest absolute Gasteiger partial charge is 0.377 e. The number of rotatable bonds is 8. The molecule has 1 saturated carbocycles. The van der Waals surface area contributed by atoms with Crippen LogP contribution in [0.5, 0.6) is 0 Å². The Kier molecular flexibility index (Phi) is 6.62. The van der Waals surface area contributed by atoms with Crippen LogP contribution >= 0.6 is 11.6 Å². The maximum Gasteiger partial charge on any atom is 0.0997 e. The van der Waals surface area contributed by atoms with Crippen molar-refractivity contribution in [2.45, 2.75) is 63.0 Å². The second-order valence-electron chi connectivity index (χ2n) is 4.28. The van der Waals surface area contributed by atoms with E-state index < -0.39 is 0 Å².